The Bertz CT molecular complexity index is 209. The molecule has 1 saturated carbocycles. The molecule has 1 N–H and O–H groups in total. The Kier molecular flexibility index (Phi) is 4.26. The molecular weight excluding hydrogens is 196 g/mol. The molecule has 94 valence electrons. The van der Waals surface area contributed by atoms with Crippen molar-refractivity contribution < 1.29 is 0 Å². The largest absolute Gasteiger partial charge is 0.311 e. The van der Waals surface area contributed by atoms with Gasteiger partial charge in [-0.3, -0.25) is 4.90 Å². The van der Waals surface area contributed by atoms with E-state index in [4.69, 9.17) is 0 Å². The van der Waals surface area contributed by atoms with E-state index < -0.39 is 0 Å². The molecule has 0 radical (unpaired) electrons. The van der Waals surface area contributed by atoms with Gasteiger partial charge >= 0.3 is 0 Å². The summed E-state index contributed by atoms with van der Waals surface area (Å²) in [6.07, 6.45) is 7.25. The van der Waals surface area contributed by atoms with Crippen LogP contribution in [0.2, 0.25) is 0 Å². The van der Waals surface area contributed by atoms with Crippen molar-refractivity contribution >= 4 is 0 Å². The van der Waals surface area contributed by atoms with Crippen LogP contribution >= 0.6 is 0 Å². The standard InChI is InChI=1S/C14H28N2/c1-11(2)14-9-15-12(3)10-16(14)13-7-5-4-6-8-13/h11-15H,4-10H2,1-3H3. The van der Waals surface area contributed by atoms with Gasteiger partial charge in [0.15, 0.2) is 0 Å². The van der Waals surface area contributed by atoms with Crippen LogP contribution in [0.1, 0.15) is 52.9 Å². The van der Waals surface area contributed by atoms with Gasteiger partial charge in [-0.25, -0.2) is 0 Å². The van der Waals surface area contributed by atoms with Crippen LogP contribution in [0.15, 0.2) is 0 Å². The zero-order chi connectivity index (χ0) is 11.5. The van der Waals surface area contributed by atoms with Gasteiger partial charge in [-0.05, 0) is 25.7 Å². The number of piperazine rings is 1. The van der Waals surface area contributed by atoms with E-state index in [9.17, 15) is 0 Å². The van der Waals surface area contributed by atoms with Crippen LogP contribution in [0.4, 0.5) is 0 Å². The van der Waals surface area contributed by atoms with E-state index in [1.54, 1.807) is 0 Å². The molecule has 0 spiro atoms. The lowest BCUT2D eigenvalue weighted by Crippen LogP contribution is -2.60. The third-order valence-corrected chi connectivity index (χ3v) is 4.40. The van der Waals surface area contributed by atoms with Gasteiger partial charge in [-0.1, -0.05) is 33.1 Å². The average molecular weight is 224 g/mol. The number of nitrogens with zero attached hydrogens (tertiary/aromatic N) is 1. The predicted molar refractivity (Wildman–Crippen MR) is 69.7 cm³/mol. The maximum Gasteiger partial charge on any atom is 0.0247 e. The zero-order valence-electron chi connectivity index (χ0n) is 11.2. The van der Waals surface area contributed by atoms with E-state index in [1.807, 2.05) is 0 Å². The van der Waals surface area contributed by atoms with E-state index in [2.05, 4.69) is 31.0 Å². The van der Waals surface area contributed by atoms with Gasteiger partial charge < -0.3 is 5.32 Å². The summed E-state index contributed by atoms with van der Waals surface area (Å²) in [5, 5.41) is 3.64. The number of nitrogens with one attached hydrogen (secondary N) is 1. The second kappa shape index (κ2) is 5.50. The Morgan fingerprint density at radius 2 is 1.81 bits per heavy atom. The minimum absolute atomic E-state index is 0.678. The molecule has 1 saturated heterocycles. The monoisotopic (exact) mass is 224 g/mol. The first-order valence-electron chi connectivity index (χ1n) is 7.17. The van der Waals surface area contributed by atoms with E-state index in [0.29, 0.717) is 6.04 Å². The van der Waals surface area contributed by atoms with Crippen molar-refractivity contribution in [2.45, 2.75) is 71.0 Å². The molecule has 0 aromatic rings. The molecule has 0 aromatic carbocycles. The molecule has 2 aliphatic rings. The first-order chi connectivity index (χ1) is 7.68. The molecule has 16 heavy (non-hydrogen) atoms. The van der Waals surface area contributed by atoms with Crippen LogP contribution in [0.25, 0.3) is 0 Å². The van der Waals surface area contributed by atoms with Crippen molar-refractivity contribution in [1.82, 2.24) is 10.2 Å². The average Bonchev–Trinajstić information content (AvgIpc) is 2.29. The molecule has 2 atom stereocenters. The second-order valence-corrected chi connectivity index (χ2v) is 6.11. The highest BCUT2D eigenvalue weighted by Gasteiger charge is 2.33. The van der Waals surface area contributed by atoms with Crippen molar-refractivity contribution in [2.75, 3.05) is 13.1 Å². The number of hydrogen-bond acceptors (Lipinski definition) is 2. The summed E-state index contributed by atoms with van der Waals surface area (Å²) in [4.78, 5) is 2.82. The highest BCUT2D eigenvalue weighted by Crippen LogP contribution is 2.27. The SMILES string of the molecule is CC1CN(C2CCCCC2)C(C(C)C)CN1. The highest BCUT2D eigenvalue weighted by molar-refractivity contribution is 4.90. The van der Waals surface area contributed by atoms with Crippen LogP contribution in [0.3, 0.4) is 0 Å². The third kappa shape index (κ3) is 2.78. The lowest BCUT2D eigenvalue weighted by molar-refractivity contribution is 0.0424. The predicted octanol–water partition coefficient (Wildman–Crippen LogP) is 2.64. The number of rotatable bonds is 2. The Balaban J connectivity index is 2.00. The summed E-state index contributed by atoms with van der Waals surface area (Å²) in [7, 11) is 0. The molecule has 2 rings (SSSR count). The van der Waals surface area contributed by atoms with Crippen molar-refractivity contribution in [3.05, 3.63) is 0 Å². The maximum absolute atomic E-state index is 3.64. The molecule has 2 unspecified atom stereocenters. The van der Waals surface area contributed by atoms with Crippen LogP contribution in [0.5, 0.6) is 0 Å². The Hall–Kier alpha value is -0.0800. The Morgan fingerprint density at radius 1 is 1.12 bits per heavy atom. The summed E-state index contributed by atoms with van der Waals surface area (Å²) >= 11 is 0. The first kappa shape index (κ1) is 12.4. The summed E-state index contributed by atoms with van der Waals surface area (Å²) < 4.78 is 0. The summed E-state index contributed by atoms with van der Waals surface area (Å²) in [5.41, 5.74) is 0. The molecule has 0 amide bonds. The van der Waals surface area contributed by atoms with Crippen LogP contribution in [-0.2, 0) is 0 Å². The van der Waals surface area contributed by atoms with E-state index >= 15 is 0 Å². The van der Waals surface area contributed by atoms with Gasteiger partial charge in [0.25, 0.3) is 0 Å². The summed E-state index contributed by atoms with van der Waals surface area (Å²) in [6.45, 7) is 9.52. The number of hydrogen-bond donors (Lipinski definition) is 1. The van der Waals surface area contributed by atoms with Crippen molar-refractivity contribution in [3.8, 4) is 0 Å². The van der Waals surface area contributed by atoms with Crippen molar-refractivity contribution in [3.63, 3.8) is 0 Å². The normalized spacial score (nSPS) is 34.5. The fourth-order valence-electron chi connectivity index (χ4n) is 3.41. The van der Waals surface area contributed by atoms with Crippen LogP contribution in [0, 0.1) is 5.92 Å². The third-order valence-electron chi connectivity index (χ3n) is 4.40. The molecule has 1 aliphatic carbocycles. The van der Waals surface area contributed by atoms with E-state index in [0.717, 1.165) is 18.0 Å². The van der Waals surface area contributed by atoms with Gasteiger partial charge in [0.2, 0.25) is 0 Å². The molecule has 0 bridgehead atoms. The van der Waals surface area contributed by atoms with Gasteiger partial charge in [0, 0.05) is 31.2 Å². The van der Waals surface area contributed by atoms with Gasteiger partial charge in [-0.15, -0.1) is 0 Å². The van der Waals surface area contributed by atoms with Gasteiger partial charge in [-0.2, -0.15) is 0 Å². The first-order valence-corrected chi connectivity index (χ1v) is 7.17. The van der Waals surface area contributed by atoms with Crippen molar-refractivity contribution in [1.29, 1.82) is 0 Å². The zero-order valence-corrected chi connectivity index (χ0v) is 11.2. The topological polar surface area (TPSA) is 15.3 Å². The minimum atomic E-state index is 0.678. The smallest absolute Gasteiger partial charge is 0.0247 e. The Morgan fingerprint density at radius 3 is 2.44 bits per heavy atom. The Labute approximate surface area is 101 Å². The van der Waals surface area contributed by atoms with E-state index in [1.165, 1.54) is 45.2 Å². The van der Waals surface area contributed by atoms with Gasteiger partial charge in [0.05, 0.1) is 0 Å². The fraction of sp³-hybridized carbons (Fsp3) is 1.00. The molecule has 1 aliphatic heterocycles. The maximum atomic E-state index is 3.64. The lowest BCUT2D eigenvalue weighted by Gasteiger charge is -2.47. The van der Waals surface area contributed by atoms with Crippen LogP contribution < -0.4 is 5.32 Å². The molecular formula is C14H28N2. The fourth-order valence-corrected chi connectivity index (χ4v) is 3.41. The molecule has 2 nitrogen and oxygen atoms in total. The summed E-state index contributed by atoms with van der Waals surface area (Å²) in [5.74, 6) is 0.780. The second-order valence-electron chi connectivity index (χ2n) is 6.11. The summed E-state index contributed by atoms with van der Waals surface area (Å²) in [6, 6.07) is 2.32. The molecule has 2 heteroatoms. The molecule has 2 fully saturated rings. The van der Waals surface area contributed by atoms with Crippen LogP contribution in [-0.4, -0.2) is 36.1 Å². The lowest BCUT2D eigenvalue weighted by atomic mass is 9.89. The van der Waals surface area contributed by atoms with E-state index in [-0.39, 0.29) is 0 Å². The van der Waals surface area contributed by atoms with Crippen molar-refractivity contribution in [2.24, 2.45) is 5.92 Å². The molecule has 0 aromatic heterocycles. The van der Waals surface area contributed by atoms with Gasteiger partial charge in [0.1, 0.15) is 0 Å². The highest BCUT2D eigenvalue weighted by atomic mass is 15.3. The molecule has 1 heterocycles. The minimum Gasteiger partial charge on any atom is -0.311 e. The quantitative estimate of drug-likeness (QED) is 0.776.